The molecule has 0 spiro atoms. The number of nitrogens with zero attached hydrogens (tertiary/aromatic N) is 1. The molecule has 0 saturated carbocycles. The topological polar surface area (TPSA) is 140 Å². The van der Waals surface area contributed by atoms with Crippen molar-refractivity contribution in [2.24, 2.45) is 5.14 Å². The van der Waals surface area contributed by atoms with Gasteiger partial charge >= 0.3 is 0 Å². The number of carbonyl (C=O) groups excluding carboxylic acids is 1. The summed E-state index contributed by atoms with van der Waals surface area (Å²) in [7, 11) is -3.59. The lowest BCUT2D eigenvalue weighted by Gasteiger charge is -2.02. The number of carbonyl (C=O) groups is 1. The molecule has 6 N–H and O–H groups in total. The predicted octanol–water partition coefficient (Wildman–Crippen LogP) is -0.434. The van der Waals surface area contributed by atoms with Gasteiger partial charge in [-0.2, -0.15) is 0 Å². The van der Waals surface area contributed by atoms with Gasteiger partial charge in [0.15, 0.2) is 5.13 Å². The van der Waals surface area contributed by atoms with Crippen molar-refractivity contribution in [2.45, 2.75) is 13.3 Å². The molecule has 0 fully saturated rings. The standard InChI is InChI=1S/C9H17N5O3S2/c1-2-3-13-9-14-7(10)6(18-9)8(15)12-4-5-19(11,16)17/h2-5,10H2,1H3,(H,12,15)(H,13,14)(H2,11,16,17). The molecule has 0 aliphatic carbocycles. The summed E-state index contributed by atoms with van der Waals surface area (Å²) in [6.07, 6.45) is 0.926. The molecule has 0 aliphatic heterocycles. The Morgan fingerprint density at radius 3 is 2.68 bits per heavy atom. The Labute approximate surface area is 115 Å². The van der Waals surface area contributed by atoms with Crippen molar-refractivity contribution in [3.8, 4) is 0 Å². The van der Waals surface area contributed by atoms with Crippen LogP contribution < -0.4 is 21.5 Å². The second kappa shape index (κ2) is 6.68. The number of aromatic nitrogens is 1. The van der Waals surface area contributed by atoms with E-state index in [0.717, 1.165) is 24.3 Å². The van der Waals surface area contributed by atoms with E-state index >= 15 is 0 Å². The monoisotopic (exact) mass is 307 g/mol. The lowest BCUT2D eigenvalue weighted by atomic mass is 10.4. The number of thiazole rings is 1. The van der Waals surface area contributed by atoms with Gasteiger partial charge in [-0.25, -0.2) is 18.5 Å². The highest BCUT2D eigenvalue weighted by Gasteiger charge is 2.16. The molecule has 0 aliphatic rings. The van der Waals surface area contributed by atoms with E-state index in [1.165, 1.54) is 0 Å². The van der Waals surface area contributed by atoms with E-state index in [-0.39, 0.29) is 23.0 Å². The Kier molecular flexibility index (Phi) is 5.51. The van der Waals surface area contributed by atoms with Gasteiger partial charge in [-0.15, -0.1) is 0 Å². The van der Waals surface area contributed by atoms with Gasteiger partial charge in [0.1, 0.15) is 10.7 Å². The van der Waals surface area contributed by atoms with Crippen LogP contribution in [-0.4, -0.2) is 38.2 Å². The van der Waals surface area contributed by atoms with Crippen LogP contribution in [0.4, 0.5) is 10.9 Å². The lowest BCUT2D eigenvalue weighted by Crippen LogP contribution is -2.31. The van der Waals surface area contributed by atoms with Crippen LogP contribution in [0.2, 0.25) is 0 Å². The minimum Gasteiger partial charge on any atom is -0.382 e. The fraction of sp³-hybridized carbons (Fsp3) is 0.556. The van der Waals surface area contributed by atoms with Crippen LogP contribution in [0, 0.1) is 0 Å². The number of nitrogens with two attached hydrogens (primary N) is 2. The molecule has 0 aromatic carbocycles. The third-order valence-corrected chi connectivity index (χ3v) is 3.86. The zero-order valence-electron chi connectivity index (χ0n) is 10.5. The second-order valence-electron chi connectivity index (χ2n) is 3.78. The van der Waals surface area contributed by atoms with E-state index in [2.05, 4.69) is 15.6 Å². The molecule has 8 nitrogen and oxygen atoms in total. The minimum absolute atomic E-state index is 0.0628. The summed E-state index contributed by atoms with van der Waals surface area (Å²) >= 11 is 1.13. The Bertz CT molecular complexity index is 540. The minimum atomic E-state index is -3.59. The molecule has 1 aromatic rings. The number of nitrogen functional groups attached to an aromatic ring is 1. The third kappa shape index (κ3) is 5.41. The van der Waals surface area contributed by atoms with E-state index in [4.69, 9.17) is 10.9 Å². The van der Waals surface area contributed by atoms with Gasteiger partial charge in [0.25, 0.3) is 5.91 Å². The Hall–Kier alpha value is -1.39. The molecule has 0 radical (unpaired) electrons. The molecular formula is C9H17N5O3S2. The average Bonchev–Trinajstić information content (AvgIpc) is 2.66. The van der Waals surface area contributed by atoms with Crippen molar-refractivity contribution in [1.82, 2.24) is 10.3 Å². The van der Waals surface area contributed by atoms with E-state index in [1.54, 1.807) is 0 Å². The van der Waals surface area contributed by atoms with Crippen molar-refractivity contribution < 1.29 is 13.2 Å². The van der Waals surface area contributed by atoms with Crippen LogP contribution in [0.5, 0.6) is 0 Å². The Balaban J connectivity index is 2.59. The number of hydrogen-bond donors (Lipinski definition) is 4. The molecular weight excluding hydrogens is 290 g/mol. The first kappa shape index (κ1) is 15.7. The Morgan fingerprint density at radius 2 is 2.11 bits per heavy atom. The number of rotatable bonds is 7. The fourth-order valence-corrected chi connectivity index (χ4v) is 2.40. The van der Waals surface area contributed by atoms with Crippen molar-refractivity contribution >= 4 is 38.2 Å². The van der Waals surface area contributed by atoms with Crippen LogP contribution in [0.1, 0.15) is 23.0 Å². The van der Waals surface area contributed by atoms with Gasteiger partial charge in [0.2, 0.25) is 10.0 Å². The molecule has 108 valence electrons. The number of primary sulfonamides is 1. The smallest absolute Gasteiger partial charge is 0.265 e. The molecule has 0 bridgehead atoms. The number of nitrogens with one attached hydrogen (secondary N) is 2. The largest absolute Gasteiger partial charge is 0.382 e. The van der Waals surface area contributed by atoms with Crippen molar-refractivity contribution in [3.63, 3.8) is 0 Å². The summed E-state index contributed by atoms with van der Waals surface area (Å²) in [5, 5.41) is 10.8. The number of sulfonamides is 1. The van der Waals surface area contributed by atoms with Crippen LogP contribution in [-0.2, 0) is 10.0 Å². The van der Waals surface area contributed by atoms with Crippen LogP contribution >= 0.6 is 11.3 Å². The molecule has 1 heterocycles. The summed E-state index contributed by atoms with van der Waals surface area (Å²) in [6, 6.07) is 0. The maximum atomic E-state index is 11.8. The molecule has 10 heteroatoms. The highest BCUT2D eigenvalue weighted by Crippen LogP contribution is 2.24. The molecule has 0 atom stereocenters. The predicted molar refractivity (Wildman–Crippen MR) is 75.6 cm³/mol. The van der Waals surface area contributed by atoms with E-state index < -0.39 is 15.9 Å². The number of anilines is 2. The van der Waals surface area contributed by atoms with Gasteiger partial charge in [0, 0.05) is 13.1 Å². The van der Waals surface area contributed by atoms with Crippen LogP contribution in [0.15, 0.2) is 0 Å². The van der Waals surface area contributed by atoms with Gasteiger partial charge in [-0.05, 0) is 6.42 Å². The summed E-state index contributed by atoms with van der Waals surface area (Å²) in [5.74, 6) is -0.654. The summed E-state index contributed by atoms with van der Waals surface area (Å²) in [6.45, 7) is 2.68. The SMILES string of the molecule is CCCNc1nc(N)c(C(=O)NCCS(N)(=O)=O)s1. The van der Waals surface area contributed by atoms with Crippen LogP contribution in [0.3, 0.4) is 0 Å². The number of amides is 1. The highest BCUT2D eigenvalue weighted by atomic mass is 32.2. The maximum Gasteiger partial charge on any atom is 0.265 e. The molecule has 1 aromatic heterocycles. The van der Waals surface area contributed by atoms with Gasteiger partial charge in [0.05, 0.1) is 5.75 Å². The van der Waals surface area contributed by atoms with Crippen LogP contribution in [0.25, 0.3) is 0 Å². The fourth-order valence-electron chi connectivity index (χ4n) is 1.19. The van der Waals surface area contributed by atoms with Gasteiger partial charge in [-0.3, -0.25) is 4.79 Å². The first-order valence-electron chi connectivity index (χ1n) is 5.62. The average molecular weight is 307 g/mol. The number of hydrogen-bond acceptors (Lipinski definition) is 7. The lowest BCUT2D eigenvalue weighted by molar-refractivity contribution is 0.0961. The molecule has 1 rings (SSSR count). The highest BCUT2D eigenvalue weighted by molar-refractivity contribution is 7.89. The Morgan fingerprint density at radius 1 is 1.42 bits per heavy atom. The van der Waals surface area contributed by atoms with Gasteiger partial charge < -0.3 is 16.4 Å². The van der Waals surface area contributed by atoms with Crippen molar-refractivity contribution in [2.75, 3.05) is 29.9 Å². The summed E-state index contributed by atoms with van der Waals surface area (Å²) in [5.41, 5.74) is 5.63. The second-order valence-corrected chi connectivity index (χ2v) is 6.52. The van der Waals surface area contributed by atoms with E-state index in [9.17, 15) is 13.2 Å². The first-order chi connectivity index (χ1) is 8.83. The van der Waals surface area contributed by atoms with Crippen molar-refractivity contribution in [3.05, 3.63) is 4.88 Å². The zero-order chi connectivity index (χ0) is 14.5. The normalized spacial score (nSPS) is 11.3. The summed E-state index contributed by atoms with van der Waals surface area (Å²) in [4.78, 5) is 16.0. The van der Waals surface area contributed by atoms with Crippen molar-refractivity contribution in [1.29, 1.82) is 0 Å². The quantitative estimate of drug-likeness (QED) is 0.538. The first-order valence-corrected chi connectivity index (χ1v) is 8.15. The van der Waals surface area contributed by atoms with E-state index in [0.29, 0.717) is 5.13 Å². The molecule has 0 saturated heterocycles. The molecule has 19 heavy (non-hydrogen) atoms. The maximum absolute atomic E-state index is 11.8. The summed E-state index contributed by atoms with van der Waals surface area (Å²) < 4.78 is 21.4. The molecule has 0 unspecified atom stereocenters. The molecule has 1 amide bonds. The zero-order valence-corrected chi connectivity index (χ0v) is 12.1. The van der Waals surface area contributed by atoms with Gasteiger partial charge in [-0.1, -0.05) is 18.3 Å². The third-order valence-electron chi connectivity index (χ3n) is 2.06. The van der Waals surface area contributed by atoms with E-state index in [1.807, 2.05) is 6.92 Å².